The van der Waals surface area contributed by atoms with E-state index in [1.807, 2.05) is 13.8 Å². The van der Waals surface area contributed by atoms with Crippen LogP contribution in [0.15, 0.2) is 0 Å². The van der Waals surface area contributed by atoms with Crippen LogP contribution < -0.4 is 0 Å². The molecule has 0 aromatic rings. The van der Waals surface area contributed by atoms with Crippen LogP contribution in [0.2, 0.25) is 0 Å². The van der Waals surface area contributed by atoms with E-state index in [9.17, 15) is 24.3 Å². The highest BCUT2D eigenvalue weighted by Gasteiger charge is 2.33. The zero-order chi connectivity index (χ0) is 42.0. The summed E-state index contributed by atoms with van der Waals surface area (Å²) in [6.07, 6.45) is 32.0. The lowest BCUT2D eigenvalue weighted by Crippen LogP contribution is -2.44. The van der Waals surface area contributed by atoms with Gasteiger partial charge in [-0.25, -0.2) is 0 Å². The third-order valence-electron chi connectivity index (χ3n) is 10.8. The molecule has 336 valence electrons. The van der Waals surface area contributed by atoms with Crippen molar-refractivity contribution in [1.82, 2.24) is 0 Å². The second-order valence-corrected chi connectivity index (χ2v) is 16.4. The minimum atomic E-state index is -1.23. The molecule has 3 atom stereocenters. The summed E-state index contributed by atoms with van der Waals surface area (Å²) in [5, 5.41) is 10.3. The number of hydrogen-bond acceptors (Lipinski definition) is 9. The van der Waals surface area contributed by atoms with Crippen molar-refractivity contribution in [2.75, 3.05) is 19.8 Å². The Hall–Kier alpha value is -2.00. The number of unbranched alkanes of at least 4 members (excludes halogenated alkanes) is 26. The lowest BCUT2D eigenvalue weighted by Gasteiger charge is -2.27. The topological polar surface area (TPSA) is 125 Å². The van der Waals surface area contributed by atoms with E-state index in [0.717, 1.165) is 51.4 Å². The van der Waals surface area contributed by atoms with Gasteiger partial charge in [-0.05, 0) is 25.7 Å². The monoisotopic (exact) mass is 811 g/mol. The maximum atomic E-state index is 13.6. The van der Waals surface area contributed by atoms with Gasteiger partial charge in [0.2, 0.25) is 0 Å². The van der Waals surface area contributed by atoms with Crippen molar-refractivity contribution >= 4 is 23.7 Å². The molecule has 0 amide bonds. The Bertz CT molecular complexity index is 939. The number of rotatable bonds is 44. The van der Waals surface area contributed by atoms with Crippen LogP contribution in [0.25, 0.3) is 0 Å². The zero-order valence-corrected chi connectivity index (χ0v) is 37.6. The van der Waals surface area contributed by atoms with Crippen molar-refractivity contribution in [3.05, 3.63) is 0 Å². The molecule has 1 N–H and O–H groups in total. The van der Waals surface area contributed by atoms with Crippen LogP contribution in [0, 0.1) is 0 Å². The molecule has 0 saturated carbocycles. The molecule has 0 aromatic heterocycles. The number of esters is 3. The van der Waals surface area contributed by atoms with Crippen molar-refractivity contribution in [1.29, 1.82) is 0 Å². The first-order valence-corrected chi connectivity index (χ1v) is 24.1. The van der Waals surface area contributed by atoms with Gasteiger partial charge in [0.15, 0.2) is 24.1 Å². The zero-order valence-electron chi connectivity index (χ0n) is 37.6. The Morgan fingerprint density at radius 1 is 0.404 bits per heavy atom. The molecule has 0 heterocycles. The van der Waals surface area contributed by atoms with Gasteiger partial charge in [-0.3, -0.25) is 19.2 Å². The summed E-state index contributed by atoms with van der Waals surface area (Å²) >= 11 is 0. The summed E-state index contributed by atoms with van der Waals surface area (Å²) in [5.41, 5.74) is 0. The van der Waals surface area contributed by atoms with Crippen molar-refractivity contribution in [3.63, 3.8) is 0 Å². The summed E-state index contributed by atoms with van der Waals surface area (Å²) in [6, 6.07) is 0. The van der Waals surface area contributed by atoms with E-state index >= 15 is 0 Å². The highest BCUT2D eigenvalue weighted by Crippen LogP contribution is 2.18. The highest BCUT2D eigenvalue weighted by molar-refractivity contribution is 5.84. The lowest BCUT2D eigenvalue weighted by atomic mass is 10.0. The van der Waals surface area contributed by atoms with Gasteiger partial charge in [-0.15, -0.1) is 0 Å². The maximum Gasteiger partial charge on any atom is 0.306 e. The molecule has 0 fully saturated rings. The van der Waals surface area contributed by atoms with E-state index in [1.54, 1.807) is 0 Å². The predicted octanol–water partition coefficient (Wildman–Crippen LogP) is 12.6. The van der Waals surface area contributed by atoms with E-state index in [1.165, 1.54) is 122 Å². The summed E-state index contributed by atoms with van der Waals surface area (Å²) in [7, 11) is 0. The van der Waals surface area contributed by atoms with Gasteiger partial charge >= 0.3 is 17.9 Å². The number of carbonyl (C=O) groups is 4. The Labute approximate surface area is 350 Å². The molecule has 0 saturated heterocycles. The molecule has 0 aliphatic carbocycles. The second-order valence-electron chi connectivity index (χ2n) is 16.4. The molecule has 9 heteroatoms. The molecule has 0 radical (unpaired) electrons. The van der Waals surface area contributed by atoms with E-state index in [4.69, 9.17) is 18.9 Å². The standard InChI is InChI=1S/C48H90O9/c1-5-9-12-14-16-18-20-22-24-26-28-30-33-36-43(50)48(44(39-49)57-47(53)38-32-11-7-3)55-41-42(56-46(52)35-8-4)40-54-45(51)37-34-31-29-27-25-23-21-19-17-15-13-10-6-2/h42,44,48-49H,5-41H2,1-4H3. The average Bonchev–Trinajstić information content (AvgIpc) is 3.20. The molecule has 0 aliphatic rings. The molecule has 0 aliphatic heterocycles. The smallest absolute Gasteiger partial charge is 0.306 e. The van der Waals surface area contributed by atoms with Gasteiger partial charge in [0.1, 0.15) is 6.61 Å². The first-order valence-electron chi connectivity index (χ1n) is 24.1. The highest BCUT2D eigenvalue weighted by atomic mass is 16.6. The van der Waals surface area contributed by atoms with E-state index in [0.29, 0.717) is 19.3 Å². The Morgan fingerprint density at radius 3 is 1.21 bits per heavy atom. The van der Waals surface area contributed by atoms with E-state index in [-0.39, 0.29) is 50.6 Å². The fourth-order valence-corrected chi connectivity index (χ4v) is 7.13. The van der Waals surface area contributed by atoms with Crippen molar-refractivity contribution in [3.8, 4) is 0 Å². The summed E-state index contributed by atoms with van der Waals surface area (Å²) in [5.74, 6) is -1.57. The molecular weight excluding hydrogens is 721 g/mol. The predicted molar refractivity (Wildman–Crippen MR) is 232 cm³/mol. The third kappa shape index (κ3) is 35.6. The molecule has 0 spiro atoms. The van der Waals surface area contributed by atoms with Gasteiger partial charge in [0, 0.05) is 25.7 Å². The molecule has 0 rings (SSSR count). The average molecular weight is 811 g/mol. The van der Waals surface area contributed by atoms with Crippen LogP contribution in [-0.2, 0) is 38.1 Å². The van der Waals surface area contributed by atoms with E-state index < -0.39 is 36.9 Å². The Morgan fingerprint density at radius 2 is 0.772 bits per heavy atom. The van der Waals surface area contributed by atoms with Gasteiger partial charge in [-0.2, -0.15) is 0 Å². The summed E-state index contributed by atoms with van der Waals surface area (Å²) in [6.45, 7) is 7.39. The molecule has 0 bridgehead atoms. The summed E-state index contributed by atoms with van der Waals surface area (Å²) < 4.78 is 22.8. The van der Waals surface area contributed by atoms with Crippen LogP contribution in [0.4, 0.5) is 0 Å². The number of ketones is 1. The van der Waals surface area contributed by atoms with Crippen LogP contribution in [0.5, 0.6) is 0 Å². The van der Waals surface area contributed by atoms with Gasteiger partial charge in [0.25, 0.3) is 0 Å². The largest absolute Gasteiger partial charge is 0.462 e. The van der Waals surface area contributed by atoms with Gasteiger partial charge < -0.3 is 24.1 Å². The fourth-order valence-electron chi connectivity index (χ4n) is 7.13. The van der Waals surface area contributed by atoms with Crippen molar-refractivity contribution in [2.24, 2.45) is 0 Å². The first-order chi connectivity index (χ1) is 27.8. The lowest BCUT2D eigenvalue weighted by molar-refractivity contribution is -0.175. The minimum Gasteiger partial charge on any atom is -0.462 e. The maximum absolute atomic E-state index is 13.6. The summed E-state index contributed by atoms with van der Waals surface area (Å²) in [4.78, 5) is 51.4. The van der Waals surface area contributed by atoms with Crippen molar-refractivity contribution < 1.29 is 43.2 Å². The third-order valence-corrected chi connectivity index (χ3v) is 10.8. The SMILES string of the molecule is CCCCCCCCCCCCCCCC(=O)OCC(COC(C(=O)CCCCCCCCCCCCCCC)C(CO)OC(=O)CCCCC)OC(=O)CCC. The number of aliphatic hydroxyl groups excluding tert-OH is 1. The number of carbonyl (C=O) groups excluding carboxylic acids is 4. The number of ether oxygens (including phenoxy) is 4. The number of Topliss-reactive ketones (excluding diaryl/α,β-unsaturated/α-hetero) is 1. The second kappa shape index (κ2) is 42.1. The normalized spacial score (nSPS) is 12.9. The van der Waals surface area contributed by atoms with Crippen LogP contribution >= 0.6 is 0 Å². The first kappa shape index (κ1) is 55.0. The van der Waals surface area contributed by atoms with Gasteiger partial charge in [-0.1, -0.05) is 195 Å². The molecule has 0 aromatic carbocycles. The molecular formula is C48H90O9. The minimum absolute atomic E-state index is 0.191. The van der Waals surface area contributed by atoms with E-state index in [2.05, 4.69) is 13.8 Å². The van der Waals surface area contributed by atoms with Crippen LogP contribution in [0.1, 0.15) is 246 Å². The van der Waals surface area contributed by atoms with Gasteiger partial charge in [0.05, 0.1) is 13.2 Å². The fraction of sp³-hybridized carbons (Fsp3) is 0.917. The van der Waals surface area contributed by atoms with Crippen LogP contribution in [-0.4, -0.2) is 66.9 Å². The van der Waals surface area contributed by atoms with Crippen molar-refractivity contribution in [2.45, 2.75) is 264 Å². The van der Waals surface area contributed by atoms with Crippen LogP contribution in [0.3, 0.4) is 0 Å². The number of hydrogen-bond donors (Lipinski definition) is 1. The molecule has 57 heavy (non-hydrogen) atoms. The molecule has 9 nitrogen and oxygen atoms in total. The Balaban J connectivity index is 4.97. The molecule has 3 unspecified atom stereocenters. The number of aliphatic hydroxyl groups is 1. The quantitative estimate of drug-likeness (QED) is 0.0363. The Kier molecular flexibility index (Phi) is 40.7.